The number of nitrogens with one attached hydrogen (secondary N) is 3. The van der Waals surface area contributed by atoms with E-state index in [0.29, 0.717) is 11.6 Å². The summed E-state index contributed by atoms with van der Waals surface area (Å²) >= 11 is 0. The Morgan fingerprint density at radius 1 is 1.30 bits per heavy atom. The number of aliphatic imine (C=N–C) groups is 1. The molecule has 1 aromatic carbocycles. The van der Waals surface area contributed by atoms with Crippen molar-refractivity contribution < 1.29 is 4.79 Å². The molecule has 0 atom stereocenters. The molecule has 3 N–H and O–H groups in total. The maximum absolute atomic E-state index is 11.6. The zero-order valence-electron chi connectivity index (χ0n) is 13.9. The van der Waals surface area contributed by atoms with Crippen LogP contribution in [0.2, 0.25) is 0 Å². The van der Waals surface area contributed by atoms with Gasteiger partial charge in [-0.2, -0.15) is 0 Å². The number of carbonyl (C=O) groups is 1. The first kappa shape index (κ1) is 19.7. The number of halogens is 1. The van der Waals surface area contributed by atoms with Gasteiger partial charge in [0.05, 0.1) is 0 Å². The van der Waals surface area contributed by atoms with Crippen molar-refractivity contribution in [3.05, 3.63) is 35.4 Å². The van der Waals surface area contributed by atoms with Crippen LogP contribution < -0.4 is 16.0 Å². The molecule has 0 bridgehead atoms. The smallest absolute Gasteiger partial charge is 0.251 e. The van der Waals surface area contributed by atoms with Gasteiger partial charge in [0.1, 0.15) is 0 Å². The molecule has 0 aromatic heterocycles. The fraction of sp³-hybridized carbons (Fsp3) is 0.529. The lowest BCUT2D eigenvalue weighted by molar-refractivity contribution is 0.0963. The third-order valence-corrected chi connectivity index (χ3v) is 4.04. The monoisotopic (exact) mass is 430 g/mol. The molecule has 0 heterocycles. The van der Waals surface area contributed by atoms with Crippen molar-refractivity contribution in [2.24, 2.45) is 4.99 Å². The van der Waals surface area contributed by atoms with Crippen molar-refractivity contribution in [1.29, 1.82) is 0 Å². The lowest BCUT2D eigenvalue weighted by Gasteiger charge is -2.16. The molecular weight excluding hydrogens is 403 g/mol. The Labute approximate surface area is 155 Å². The lowest BCUT2D eigenvalue weighted by atomic mass is 10.1. The Kier molecular flexibility index (Phi) is 8.98. The van der Waals surface area contributed by atoms with Crippen LogP contribution in [0.1, 0.15) is 41.6 Å². The zero-order chi connectivity index (χ0) is 15.8. The van der Waals surface area contributed by atoms with Crippen LogP contribution in [0.5, 0.6) is 0 Å². The van der Waals surface area contributed by atoms with Crippen molar-refractivity contribution >= 4 is 35.8 Å². The molecule has 5 nitrogen and oxygen atoms in total. The standard InChI is InChI=1S/C17H26N4O.HI/c1-18-16(22)14-7-5-6-13(12-14)10-11-20-17(19-2)21-15-8-3-4-9-15;/h5-7,12,15H,3-4,8-11H2,1-2H3,(H,18,22)(H2,19,20,21);1H. The predicted octanol–water partition coefficient (Wildman–Crippen LogP) is 2.31. The van der Waals surface area contributed by atoms with Gasteiger partial charge in [0.2, 0.25) is 0 Å². The molecule has 1 fully saturated rings. The molecule has 128 valence electrons. The van der Waals surface area contributed by atoms with E-state index in [1.165, 1.54) is 25.7 Å². The average molecular weight is 430 g/mol. The summed E-state index contributed by atoms with van der Waals surface area (Å²) in [5.41, 5.74) is 1.85. The van der Waals surface area contributed by atoms with E-state index in [1.54, 1.807) is 14.1 Å². The van der Waals surface area contributed by atoms with Gasteiger partial charge >= 0.3 is 0 Å². The van der Waals surface area contributed by atoms with Crippen LogP contribution >= 0.6 is 24.0 Å². The van der Waals surface area contributed by atoms with Crippen LogP contribution in [-0.4, -0.2) is 38.5 Å². The van der Waals surface area contributed by atoms with Crippen LogP contribution in [0, 0.1) is 0 Å². The molecule has 1 aromatic rings. The number of guanidine groups is 1. The third kappa shape index (κ3) is 6.37. The minimum atomic E-state index is -0.0477. The summed E-state index contributed by atoms with van der Waals surface area (Å²) in [6.45, 7) is 0.795. The van der Waals surface area contributed by atoms with E-state index in [-0.39, 0.29) is 29.9 Å². The van der Waals surface area contributed by atoms with E-state index < -0.39 is 0 Å². The van der Waals surface area contributed by atoms with E-state index in [1.807, 2.05) is 24.3 Å². The molecule has 0 saturated heterocycles. The molecule has 1 aliphatic rings. The molecule has 6 heteroatoms. The van der Waals surface area contributed by atoms with Gasteiger partial charge in [0, 0.05) is 32.2 Å². The molecule has 1 amide bonds. The number of carbonyl (C=O) groups excluding carboxylic acids is 1. The van der Waals surface area contributed by atoms with E-state index >= 15 is 0 Å². The molecule has 0 spiro atoms. The second kappa shape index (κ2) is 10.5. The number of hydrogen-bond donors (Lipinski definition) is 3. The van der Waals surface area contributed by atoms with Crippen LogP contribution in [0.25, 0.3) is 0 Å². The van der Waals surface area contributed by atoms with Gasteiger partial charge in [-0.15, -0.1) is 24.0 Å². The summed E-state index contributed by atoms with van der Waals surface area (Å²) in [6.07, 6.45) is 5.93. The number of rotatable bonds is 5. The van der Waals surface area contributed by atoms with Gasteiger partial charge in [-0.05, 0) is 37.0 Å². The lowest BCUT2D eigenvalue weighted by Crippen LogP contribution is -2.43. The van der Waals surface area contributed by atoms with E-state index in [9.17, 15) is 4.79 Å². The molecular formula is C17H27IN4O. The first-order valence-corrected chi connectivity index (χ1v) is 8.01. The SMILES string of the molecule is CN=C(NCCc1cccc(C(=O)NC)c1)NC1CCCC1.I. The summed E-state index contributed by atoms with van der Waals surface area (Å²) < 4.78 is 0. The Bertz CT molecular complexity index is 527. The van der Waals surface area contributed by atoms with Crippen molar-refractivity contribution in [2.75, 3.05) is 20.6 Å². The highest BCUT2D eigenvalue weighted by Crippen LogP contribution is 2.17. The molecule has 23 heavy (non-hydrogen) atoms. The predicted molar refractivity (Wildman–Crippen MR) is 106 cm³/mol. The van der Waals surface area contributed by atoms with E-state index in [4.69, 9.17) is 0 Å². The minimum Gasteiger partial charge on any atom is -0.356 e. The van der Waals surface area contributed by atoms with Gasteiger partial charge in [0.15, 0.2) is 5.96 Å². The number of nitrogens with zero attached hydrogens (tertiary/aromatic N) is 1. The Hall–Kier alpha value is -1.31. The number of hydrogen-bond acceptors (Lipinski definition) is 2. The summed E-state index contributed by atoms with van der Waals surface area (Å²) in [5.74, 6) is 0.822. The van der Waals surface area contributed by atoms with Crippen LogP contribution in [0.4, 0.5) is 0 Å². The quantitative estimate of drug-likeness (QED) is 0.382. The normalized spacial score (nSPS) is 15.0. The summed E-state index contributed by atoms with van der Waals surface area (Å²) in [4.78, 5) is 15.9. The fourth-order valence-corrected chi connectivity index (χ4v) is 2.80. The topological polar surface area (TPSA) is 65.5 Å². The van der Waals surface area contributed by atoms with Gasteiger partial charge in [-0.25, -0.2) is 0 Å². The average Bonchev–Trinajstić information content (AvgIpc) is 3.06. The van der Waals surface area contributed by atoms with Gasteiger partial charge in [-0.3, -0.25) is 9.79 Å². The van der Waals surface area contributed by atoms with E-state index in [2.05, 4.69) is 20.9 Å². The highest BCUT2D eigenvalue weighted by molar-refractivity contribution is 14.0. The van der Waals surface area contributed by atoms with Crippen LogP contribution in [0.3, 0.4) is 0 Å². The van der Waals surface area contributed by atoms with Crippen molar-refractivity contribution in [3.8, 4) is 0 Å². The molecule has 2 rings (SSSR count). The zero-order valence-corrected chi connectivity index (χ0v) is 16.2. The van der Waals surface area contributed by atoms with Crippen LogP contribution in [-0.2, 0) is 6.42 Å². The van der Waals surface area contributed by atoms with Crippen molar-refractivity contribution in [3.63, 3.8) is 0 Å². The highest BCUT2D eigenvalue weighted by Gasteiger charge is 2.15. The van der Waals surface area contributed by atoms with Crippen molar-refractivity contribution in [1.82, 2.24) is 16.0 Å². The van der Waals surface area contributed by atoms with Gasteiger partial charge in [0.25, 0.3) is 5.91 Å². The Morgan fingerprint density at radius 2 is 2.04 bits per heavy atom. The third-order valence-electron chi connectivity index (χ3n) is 4.04. The fourth-order valence-electron chi connectivity index (χ4n) is 2.80. The number of amides is 1. The first-order chi connectivity index (χ1) is 10.7. The largest absolute Gasteiger partial charge is 0.356 e. The summed E-state index contributed by atoms with van der Waals surface area (Å²) in [6, 6.07) is 8.29. The molecule has 0 unspecified atom stereocenters. The maximum Gasteiger partial charge on any atom is 0.251 e. The molecule has 0 aliphatic heterocycles. The summed E-state index contributed by atoms with van der Waals surface area (Å²) in [5, 5.41) is 9.46. The van der Waals surface area contributed by atoms with E-state index in [0.717, 1.165) is 24.5 Å². The minimum absolute atomic E-state index is 0. The Morgan fingerprint density at radius 3 is 2.70 bits per heavy atom. The number of benzene rings is 1. The maximum atomic E-state index is 11.6. The van der Waals surface area contributed by atoms with Crippen molar-refractivity contribution in [2.45, 2.75) is 38.1 Å². The highest BCUT2D eigenvalue weighted by atomic mass is 127. The van der Waals surface area contributed by atoms with Gasteiger partial charge < -0.3 is 16.0 Å². The second-order valence-corrected chi connectivity index (χ2v) is 5.65. The second-order valence-electron chi connectivity index (χ2n) is 5.65. The van der Waals surface area contributed by atoms with Crippen LogP contribution in [0.15, 0.2) is 29.3 Å². The molecule has 1 aliphatic carbocycles. The molecule has 1 saturated carbocycles. The summed E-state index contributed by atoms with van der Waals surface area (Å²) in [7, 11) is 3.45. The molecule has 0 radical (unpaired) electrons. The first-order valence-electron chi connectivity index (χ1n) is 8.01. The Balaban J connectivity index is 0.00000264. The van der Waals surface area contributed by atoms with Gasteiger partial charge in [-0.1, -0.05) is 25.0 Å².